The van der Waals surface area contributed by atoms with Gasteiger partial charge in [-0.3, -0.25) is 0 Å². The van der Waals surface area contributed by atoms with E-state index >= 15 is 0 Å². The van der Waals surface area contributed by atoms with Crippen LogP contribution in [-0.2, 0) is 4.79 Å². The zero-order valence-corrected chi connectivity index (χ0v) is 8.47. The first kappa shape index (κ1) is 11.0. The van der Waals surface area contributed by atoms with E-state index in [9.17, 15) is 4.79 Å². The summed E-state index contributed by atoms with van der Waals surface area (Å²) in [5, 5.41) is 8.81. The normalized spacial score (nSPS) is 9.67. The maximum absolute atomic E-state index is 10.7. The van der Waals surface area contributed by atoms with Crippen molar-refractivity contribution in [3.05, 3.63) is 59.4 Å². The molecule has 2 nitrogen and oxygen atoms in total. The Labute approximate surface area is 88.9 Å². The van der Waals surface area contributed by atoms with Gasteiger partial charge in [-0.25, -0.2) is 4.79 Å². The Balaban J connectivity index is 2.90. The van der Waals surface area contributed by atoms with Crippen molar-refractivity contribution in [3.8, 4) is 0 Å². The van der Waals surface area contributed by atoms with Crippen LogP contribution in [0.25, 0.3) is 6.08 Å². The van der Waals surface area contributed by atoms with E-state index in [0.29, 0.717) is 0 Å². The minimum atomic E-state index is -0.972. The molecule has 1 aromatic rings. The van der Waals surface area contributed by atoms with Gasteiger partial charge in [0.2, 0.25) is 0 Å². The second-order valence-electron chi connectivity index (χ2n) is 2.90. The number of carboxylic acid groups (broad SMARTS) is 1. The fourth-order valence-electron chi connectivity index (χ4n) is 1.08. The summed E-state index contributed by atoms with van der Waals surface area (Å²) in [6.07, 6.45) is 4.87. The largest absolute Gasteiger partial charge is 0.477 e. The number of hydrogen-bond acceptors (Lipinski definition) is 1. The lowest BCUT2D eigenvalue weighted by Crippen LogP contribution is -1.95. The molecule has 0 heterocycles. The van der Waals surface area contributed by atoms with Gasteiger partial charge in [0.1, 0.15) is 5.57 Å². The molecule has 15 heavy (non-hydrogen) atoms. The maximum Gasteiger partial charge on any atom is 0.343 e. The van der Waals surface area contributed by atoms with E-state index in [4.69, 9.17) is 5.11 Å². The van der Waals surface area contributed by atoms with Crippen molar-refractivity contribution in [3.63, 3.8) is 0 Å². The number of aliphatic carboxylic acids is 1. The van der Waals surface area contributed by atoms with Crippen LogP contribution in [0.5, 0.6) is 0 Å². The zero-order chi connectivity index (χ0) is 11.1. The minimum Gasteiger partial charge on any atom is -0.477 e. The van der Waals surface area contributed by atoms with E-state index in [-0.39, 0.29) is 5.57 Å². The SMILES string of the molecule is CC=C=C(C=Cc1ccccc1)C(=O)O. The molecule has 0 aliphatic rings. The van der Waals surface area contributed by atoms with Gasteiger partial charge < -0.3 is 5.11 Å². The van der Waals surface area contributed by atoms with Gasteiger partial charge in [-0.15, -0.1) is 5.73 Å². The summed E-state index contributed by atoms with van der Waals surface area (Å²) in [7, 11) is 0. The number of benzene rings is 1. The minimum absolute atomic E-state index is 0.154. The van der Waals surface area contributed by atoms with Crippen molar-refractivity contribution in [2.75, 3.05) is 0 Å². The first-order valence-electron chi connectivity index (χ1n) is 4.62. The highest BCUT2D eigenvalue weighted by Gasteiger charge is 2.00. The van der Waals surface area contributed by atoms with Gasteiger partial charge in [-0.05, 0) is 24.6 Å². The molecule has 0 radical (unpaired) electrons. The molecular weight excluding hydrogens is 188 g/mol. The molecule has 1 rings (SSSR count). The van der Waals surface area contributed by atoms with Crippen LogP contribution < -0.4 is 0 Å². The van der Waals surface area contributed by atoms with E-state index in [0.717, 1.165) is 5.56 Å². The summed E-state index contributed by atoms with van der Waals surface area (Å²) in [6.45, 7) is 1.74. The Morgan fingerprint density at radius 3 is 2.53 bits per heavy atom. The Bertz CT molecular complexity index is 421. The van der Waals surface area contributed by atoms with Crippen LogP contribution in [0.1, 0.15) is 12.5 Å². The fraction of sp³-hybridized carbons (Fsp3) is 0.0769. The highest BCUT2D eigenvalue weighted by Crippen LogP contribution is 2.04. The molecule has 1 aromatic carbocycles. The van der Waals surface area contributed by atoms with Gasteiger partial charge in [-0.1, -0.05) is 36.4 Å². The second kappa shape index (κ2) is 5.63. The predicted octanol–water partition coefficient (Wildman–Crippen LogP) is 2.89. The van der Waals surface area contributed by atoms with Crippen LogP contribution in [-0.4, -0.2) is 11.1 Å². The van der Waals surface area contributed by atoms with Crippen molar-refractivity contribution >= 4 is 12.0 Å². The summed E-state index contributed by atoms with van der Waals surface area (Å²) >= 11 is 0. The van der Waals surface area contributed by atoms with Gasteiger partial charge in [0.15, 0.2) is 0 Å². The molecule has 0 saturated carbocycles. The summed E-state index contributed by atoms with van der Waals surface area (Å²) in [5.74, 6) is -0.972. The van der Waals surface area contributed by atoms with Crippen LogP contribution in [0.2, 0.25) is 0 Å². The standard InChI is InChI=1S/C13H12O2/c1-2-6-12(13(14)15)10-9-11-7-4-3-5-8-11/h2-5,7-10H,1H3,(H,14,15). The summed E-state index contributed by atoms with van der Waals surface area (Å²) < 4.78 is 0. The van der Waals surface area contributed by atoms with Crippen molar-refractivity contribution in [1.29, 1.82) is 0 Å². The molecule has 0 unspecified atom stereocenters. The molecule has 0 bridgehead atoms. The van der Waals surface area contributed by atoms with Crippen molar-refractivity contribution in [2.45, 2.75) is 6.92 Å². The molecule has 1 N–H and O–H groups in total. The molecule has 76 valence electrons. The van der Waals surface area contributed by atoms with Gasteiger partial charge >= 0.3 is 5.97 Å². The quantitative estimate of drug-likeness (QED) is 0.462. The monoisotopic (exact) mass is 200 g/mol. The smallest absolute Gasteiger partial charge is 0.343 e. The van der Waals surface area contributed by atoms with E-state index in [1.165, 1.54) is 6.08 Å². The van der Waals surface area contributed by atoms with Crippen LogP contribution >= 0.6 is 0 Å². The third kappa shape index (κ3) is 3.67. The van der Waals surface area contributed by atoms with E-state index < -0.39 is 5.97 Å². The van der Waals surface area contributed by atoms with Crippen molar-refractivity contribution in [1.82, 2.24) is 0 Å². The molecule has 0 spiro atoms. The Morgan fingerprint density at radius 2 is 2.00 bits per heavy atom. The summed E-state index contributed by atoms with van der Waals surface area (Å²) in [6, 6.07) is 9.54. The maximum atomic E-state index is 10.7. The van der Waals surface area contributed by atoms with Crippen molar-refractivity contribution < 1.29 is 9.90 Å². The topological polar surface area (TPSA) is 37.3 Å². The number of rotatable bonds is 3. The molecule has 0 amide bonds. The Kier molecular flexibility index (Phi) is 4.14. The molecule has 0 atom stereocenters. The lowest BCUT2D eigenvalue weighted by Gasteiger charge is -1.91. The van der Waals surface area contributed by atoms with E-state index in [2.05, 4.69) is 5.73 Å². The van der Waals surface area contributed by atoms with E-state index in [1.807, 2.05) is 30.3 Å². The molecule has 0 aliphatic carbocycles. The van der Waals surface area contributed by atoms with Crippen molar-refractivity contribution in [2.24, 2.45) is 0 Å². The van der Waals surface area contributed by atoms with Gasteiger partial charge in [0.25, 0.3) is 0 Å². The first-order chi connectivity index (χ1) is 7.24. The summed E-state index contributed by atoms with van der Waals surface area (Å²) in [4.78, 5) is 10.7. The van der Waals surface area contributed by atoms with Crippen LogP contribution in [0.4, 0.5) is 0 Å². The highest BCUT2D eigenvalue weighted by molar-refractivity contribution is 5.90. The average molecular weight is 200 g/mol. The van der Waals surface area contributed by atoms with Crippen LogP contribution in [0, 0.1) is 0 Å². The highest BCUT2D eigenvalue weighted by atomic mass is 16.4. The Morgan fingerprint density at radius 1 is 1.33 bits per heavy atom. The Hall–Kier alpha value is -2.05. The molecule has 0 aromatic heterocycles. The van der Waals surface area contributed by atoms with Crippen LogP contribution in [0.15, 0.2) is 53.8 Å². The van der Waals surface area contributed by atoms with Crippen LogP contribution in [0.3, 0.4) is 0 Å². The fourth-order valence-corrected chi connectivity index (χ4v) is 1.08. The molecule has 0 saturated heterocycles. The molecule has 0 fully saturated rings. The molecular formula is C13H12O2. The third-order valence-electron chi connectivity index (χ3n) is 1.77. The zero-order valence-electron chi connectivity index (χ0n) is 8.47. The third-order valence-corrected chi connectivity index (χ3v) is 1.77. The molecule has 2 heteroatoms. The first-order valence-corrected chi connectivity index (χ1v) is 4.62. The lowest BCUT2D eigenvalue weighted by atomic mass is 10.1. The molecule has 0 aliphatic heterocycles. The van der Waals surface area contributed by atoms with Gasteiger partial charge in [-0.2, -0.15) is 0 Å². The van der Waals surface area contributed by atoms with Gasteiger partial charge in [0, 0.05) is 0 Å². The number of carboxylic acids is 1. The average Bonchev–Trinajstić information content (AvgIpc) is 2.25. The second-order valence-corrected chi connectivity index (χ2v) is 2.90. The van der Waals surface area contributed by atoms with E-state index in [1.54, 1.807) is 19.1 Å². The predicted molar refractivity (Wildman–Crippen MR) is 60.4 cm³/mol. The van der Waals surface area contributed by atoms with Gasteiger partial charge in [0.05, 0.1) is 0 Å². The summed E-state index contributed by atoms with van der Waals surface area (Å²) in [5.41, 5.74) is 3.78. The number of carbonyl (C=O) groups is 1. The lowest BCUT2D eigenvalue weighted by molar-refractivity contribution is -0.132. The number of hydrogen-bond donors (Lipinski definition) is 1.